The minimum atomic E-state index is -3.86. The third kappa shape index (κ3) is 3.55. The van der Waals surface area contributed by atoms with Crippen molar-refractivity contribution in [1.29, 1.82) is 0 Å². The Balaban J connectivity index is 1.63. The predicted octanol–water partition coefficient (Wildman–Crippen LogP) is 2.69. The number of rotatable bonds is 4. The topological polar surface area (TPSA) is 94.8 Å². The monoisotopic (exact) mass is 468 g/mol. The summed E-state index contributed by atoms with van der Waals surface area (Å²) >= 11 is 0. The molecule has 0 aliphatic carbocycles. The first kappa shape index (κ1) is 22.1. The van der Waals surface area contributed by atoms with Gasteiger partial charge in [-0.1, -0.05) is 18.2 Å². The standard InChI is InChI=1S/C24H28N4O4S/c1-15-13-25-24(26-15)33(30,31)28-10-9-19-22(14-29)27(2)21-8-7-17(12-20(21)23(19)28)16-5-4-6-18(11-16)32-3/h4-8,11-13,15,19,22-23,29H,9-10,14H2,1-3H3/t15?,19-,22+,23-/m0/s1. The molecule has 0 bridgehead atoms. The van der Waals surface area contributed by atoms with Gasteiger partial charge in [-0.3, -0.25) is 0 Å². The molecule has 1 N–H and O–H groups in total. The van der Waals surface area contributed by atoms with Crippen LogP contribution in [0.4, 0.5) is 5.69 Å². The summed E-state index contributed by atoms with van der Waals surface area (Å²) in [7, 11) is -0.257. The highest BCUT2D eigenvalue weighted by atomic mass is 32.2. The van der Waals surface area contributed by atoms with Gasteiger partial charge in [-0.25, -0.2) is 18.4 Å². The van der Waals surface area contributed by atoms with Gasteiger partial charge in [0.25, 0.3) is 15.2 Å². The van der Waals surface area contributed by atoms with E-state index in [1.165, 1.54) is 4.31 Å². The number of hydrogen-bond acceptors (Lipinski definition) is 7. The number of nitrogens with zero attached hydrogens (tertiary/aromatic N) is 4. The molecular weight excluding hydrogens is 440 g/mol. The number of ether oxygens (including phenoxy) is 1. The third-order valence-corrected chi connectivity index (χ3v) is 8.66. The van der Waals surface area contributed by atoms with Gasteiger partial charge in [0.1, 0.15) is 5.75 Å². The zero-order chi connectivity index (χ0) is 23.3. The lowest BCUT2D eigenvalue weighted by atomic mass is 9.81. The highest BCUT2D eigenvalue weighted by Gasteiger charge is 2.51. The average Bonchev–Trinajstić information content (AvgIpc) is 3.47. The van der Waals surface area contributed by atoms with Gasteiger partial charge in [0.05, 0.1) is 31.8 Å². The Kier molecular flexibility index (Phi) is 5.50. The average molecular weight is 469 g/mol. The van der Waals surface area contributed by atoms with E-state index in [2.05, 4.69) is 21.0 Å². The molecule has 5 rings (SSSR count). The molecule has 8 nitrogen and oxygen atoms in total. The van der Waals surface area contributed by atoms with Crippen LogP contribution < -0.4 is 9.64 Å². The van der Waals surface area contributed by atoms with Crippen LogP contribution in [-0.4, -0.2) is 68.6 Å². The molecule has 0 spiro atoms. The molecule has 2 aromatic rings. The summed E-state index contributed by atoms with van der Waals surface area (Å²) in [6.07, 6.45) is 2.22. The lowest BCUT2D eigenvalue weighted by molar-refractivity contribution is 0.193. The van der Waals surface area contributed by atoms with Crippen LogP contribution in [0, 0.1) is 5.92 Å². The number of aliphatic hydroxyl groups excluding tert-OH is 1. The van der Waals surface area contributed by atoms with Crippen molar-refractivity contribution in [2.75, 3.05) is 32.2 Å². The molecule has 4 atom stereocenters. The van der Waals surface area contributed by atoms with E-state index >= 15 is 0 Å². The second-order valence-corrected chi connectivity index (χ2v) is 10.6. The SMILES string of the molecule is COc1cccc(-c2ccc3c(c2)[C@@H]2[C@@H](CCN2S(=O)(=O)C2=NC(C)C=N2)[C@@H](CO)N3C)c1. The van der Waals surface area contributed by atoms with Crippen molar-refractivity contribution in [2.24, 2.45) is 15.9 Å². The molecule has 2 aromatic carbocycles. The summed E-state index contributed by atoms with van der Waals surface area (Å²) in [5, 5.41) is 10.1. The van der Waals surface area contributed by atoms with Crippen LogP contribution in [0.2, 0.25) is 0 Å². The van der Waals surface area contributed by atoms with Crippen molar-refractivity contribution in [3.63, 3.8) is 0 Å². The summed E-state index contributed by atoms with van der Waals surface area (Å²) in [6.45, 7) is 2.14. The summed E-state index contributed by atoms with van der Waals surface area (Å²) in [4.78, 5) is 10.4. The number of anilines is 1. The highest BCUT2D eigenvalue weighted by Crippen LogP contribution is 2.50. The molecule has 1 unspecified atom stereocenters. The van der Waals surface area contributed by atoms with E-state index in [0.717, 1.165) is 28.1 Å². The second-order valence-electron chi connectivity index (χ2n) is 8.81. The normalized spacial score (nSPS) is 26.8. The van der Waals surface area contributed by atoms with Gasteiger partial charge in [-0.15, -0.1) is 0 Å². The molecule has 1 fully saturated rings. The fourth-order valence-corrected chi connectivity index (χ4v) is 6.93. The van der Waals surface area contributed by atoms with Crippen LogP contribution in [0.5, 0.6) is 5.75 Å². The molecule has 3 aliphatic rings. The second kappa shape index (κ2) is 8.23. The van der Waals surface area contributed by atoms with Crippen LogP contribution in [-0.2, 0) is 10.0 Å². The van der Waals surface area contributed by atoms with Crippen LogP contribution in [0.1, 0.15) is 24.9 Å². The highest BCUT2D eigenvalue weighted by molar-refractivity contribution is 8.04. The lowest BCUT2D eigenvalue weighted by Crippen LogP contribution is -2.48. The number of sulfonamides is 1. The molecule has 0 aromatic heterocycles. The zero-order valence-electron chi connectivity index (χ0n) is 18.9. The van der Waals surface area contributed by atoms with Crippen LogP contribution in [0.15, 0.2) is 52.4 Å². The van der Waals surface area contributed by atoms with E-state index in [1.54, 1.807) is 13.3 Å². The minimum absolute atomic E-state index is 0.0359. The molecule has 1 saturated heterocycles. The maximum absolute atomic E-state index is 13.5. The number of aliphatic imine (C=N–C) groups is 2. The lowest BCUT2D eigenvalue weighted by Gasteiger charge is -2.44. The predicted molar refractivity (Wildman–Crippen MR) is 130 cm³/mol. The Morgan fingerprint density at radius 2 is 1.97 bits per heavy atom. The summed E-state index contributed by atoms with van der Waals surface area (Å²) in [5.74, 6) is 0.725. The molecule has 0 saturated carbocycles. The Labute approximate surface area is 194 Å². The first-order chi connectivity index (χ1) is 15.8. The van der Waals surface area contributed by atoms with Crippen molar-refractivity contribution in [3.05, 3.63) is 48.0 Å². The van der Waals surface area contributed by atoms with Gasteiger partial charge < -0.3 is 14.7 Å². The summed E-state index contributed by atoms with van der Waals surface area (Å²) in [5.41, 5.74) is 3.83. The smallest absolute Gasteiger partial charge is 0.278 e. The van der Waals surface area contributed by atoms with Gasteiger partial charge in [0.2, 0.25) is 0 Å². The number of likely N-dealkylation sites (N-methyl/N-ethyl adjacent to an activating group) is 1. The van der Waals surface area contributed by atoms with Gasteiger partial charge in [-0.2, -0.15) is 4.31 Å². The quantitative estimate of drug-likeness (QED) is 0.745. The number of fused-ring (bicyclic) bond motifs is 3. The molecule has 3 heterocycles. The first-order valence-electron chi connectivity index (χ1n) is 11.1. The van der Waals surface area contributed by atoms with E-state index in [1.807, 2.05) is 50.4 Å². The number of aliphatic hydroxyl groups is 1. The van der Waals surface area contributed by atoms with E-state index in [9.17, 15) is 13.5 Å². The van der Waals surface area contributed by atoms with E-state index in [4.69, 9.17) is 4.74 Å². The Morgan fingerprint density at radius 3 is 2.67 bits per heavy atom. The van der Waals surface area contributed by atoms with Gasteiger partial charge in [0, 0.05) is 31.4 Å². The van der Waals surface area contributed by atoms with Crippen LogP contribution in [0.3, 0.4) is 0 Å². The maximum Gasteiger partial charge on any atom is 0.278 e. The first-order valence-corrected chi connectivity index (χ1v) is 12.5. The molecule has 174 valence electrons. The number of methoxy groups -OCH3 is 1. The van der Waals surface area contributed by atoms with E-state index < -0.39 is 16.1 Å². The van der Waals surface area contributed by atoms with Crippen LogP contribution >= 0.6 is 0 Å². The van der Waals surface area contributed by atoms with Crippen molar-refractivity contribution in [3.8, 4) is 16.9 Å². The third-order valence-electron chi connectivity index (χ3n) is 6.96. The number of hydrogen-bond donors (Lipinski definition) is 1. The number of benzene rings is 2. The summed E-state index contributed by atoms with van der Waals surface area (Å²) in [6, 6.07) is 13.1. The van der Waals surface area contributed by atoms with Gasteiger partial charge in [-0.05, 0) is 54.3 Å². The molecule has 0 radical (unpaired) electrons. The molecule has 3 aliphatic heterocycles. The van der Waals surface area contributed by atoms with Crippen molar-refractivity contribution in [1.82, 2.24) is 4.31 Å². The zero-order valence-corrected chi connectivity index (χ0v) is 19.7. The molecule has 0 amide bonds. The summed E-state index contributed by atoms with van der Waals surface area (Å²) < 4.78 is 34.0. The Bertz CT molecular complexity index is 1240. The molecule has 33 heavy (non-hydrogen) atoms. The van der Waals surface area contributed by atoms with E-state index in [0.29, 0.717) is 13.0 Å². The van der Waals surface area contributed by atoms with Crippen molar-refractivity contribution in [2.45, 2.75) is 31.5 Å². The fourth-order valence-electron chi connectivity index (χ4n) is 5.31. The molecule has 9 heteroatoms. The molecular formula is C24H28N4O4S. The minimum Gasteiger partial charge on any atom is -0.497 e. The largest absolute Gasteiger partial charge is 0.497 e. The number of amidine groups is 1. The maximum atomic E-state index is 13.5. The van der Waals surface area contributed by atoms with Crippen molar-refractivity contribution >= 4 is 27.1 Å². The van der Waals surface area contributed by atoms with Crippen molar-refractivity contribution < 1.29 is 18.3 Å². The Hall–Kier alpha value is -2.75. The van der Waals surface area contributed by atoms with Gasteiger partial charge in [0.15, 0.2) is 0 Å². The van der Waals surface area contributed by atoms with Gasteiger partial charge >= 0.3 is 0 Å². The fraction of sp³-hybridized carbons (Fsp3) is 0.417. The Morgan fingerprint density at radius 1 is 1.18 bits per heavy atom. The van der Waals surface area contributed by atoms with E-state index in [-0.39, 0.29) is 29.8 Å². The van der Waals surface area contributed by atoms with Crippen LogP contribution in [0.25, 0.3) is 11.1 Å².